The molecule has 1 fully saturated rings. The monoisotopic (exact) mass is 315 g/mol. The van der Waals surface area contributed by atoms with Crippen LogP contribution in [0.1, 0.15) is 24.8 Å². The van der Waals surface area contributed by atoms with Gasteiger partial charge in [0, 0.05) is 5.92 Å². The van der Waals surface area contributed by atoms with E-state index in [9.17, 15) is 9.59 Å². The average Bonchev–Trinajstić information content (AvgIpc) is 3.21. The Morgan fingerprint density at radius 3 is 2.65 bits per heavy atom. The minimum absolute atomic E-state index is 0.126. The average molecular weight is 316 g/mol. The van der Waals surface area contributed by atoms with E-state index in [4.69, 9.17) is 23.2 Å². The van der Waals surface area contributed by atoms with E-state index in [-0.39, 0.29) is 17.7 Å². The second-order valence-corrected chi connectivity index (χ2v) is 5.69. The summed E-state index contributed by atoms with van der Waals surface area (Å²) >= 11 is 11.8. The maximum atomic E-state index is 12.0. The Morgan fingerprint density at radius 2 is 2.05 bits per heavy atom. The molecule has 1 aromatic carbocycles. The number of esters is 1. The third-order valence-electron chi connectivity index (χ3n) is 3.41. The molecule has 20 heavy (non-hydrogen) atoms. The fourth-order valence-electron chi connectivity index (χ4n) is 2.15. The molecule has 1 aliphatic rings. The zero-order valence-corrected chi connectivity index (χ0v) is 12.7. The van der Waals surface area contributed by atoms with Crippen LogP contribution < -0.4 is 5.32 Å². The van der Waals surface area contributed by atoms with E-state index < -0.39 is 12.0 Å². The number of carbonyl (C=O) groups is 2. The highest BCUT2D eigenvalue weighted by Gasteiger charge is 2.44. The normalized spacial score (nSPS) is 22.0. The number of carbonyl (C=O) groups excluding carboxylic acids is 2. The van der Waals surface area contributed by atoms with Crippen LogP contribution in [0.5, 0.6) is 0 Å². The summed E-state index contributed by atoms with van der Waals surface area (Å²) in [5.41, 5.74) is 0.991. The van der Waals surface area contributed by atoms with Crippen LogP contribution in [0.3, 0.4) is 0 Å². The van der Waals surface area contributed by atoms with Crippen LogP contribution in [0.25, 0.3) is 0 Å². The van der Waals surface area contributed by atoms with Crippen LogP contribution in [-0.2, 0) is 14.3 Å². The number of amides is 1. The number of methoxy groups -OCH3 is 1. The molecular formula is C14H15Cl2NO3. The number of rotatable bonds is 4. The third-order valence-corrected chi connectivity index (χ3v) is 4.15. The van der Waals surface area contributed by atoms with Gasteiger partial charge in [-0.1, -0.05) is 29.3 Å². The minimum atomic E-state index is -0.637. The molecule has 0 aliphatic heterocycles. The van der Waals surface area contributed by atoms with Gasteiger partial charge in [0.15, 0.2) is 0 Å². The van der Waals surface area contributed by atoms with Crippen molar-refractivity contribution >= 4 is 35.1 Å². The highest BCUT2D eigenvalue weighted by molar-refractivity contribution is 6.42. The van der Waals surface area contributed by atoms with Gasteiger partial charge in [-0.05, 0) is 37.0 Å². The Morgan fingerprint density at radius 1 is 1.35 bits per heavy atom. The summed E-state index contributed by atoms with van der Waals surface area (Å²) in [6.07, 6.45) is 0.748. The zero-order valence-electron chi connectivity index (χ0n) is 11.2. The summed E-state index contributed by atoms with van der Waals surface area (Å²) in [6.45, 7) is 1.60. The molecule has 2 rings (SSSR count). The second-order valence-electron chi connectivity index (χ2n) is 4.88. The van der Waals surface area contributed by atoms with Gasteiger partial charge in [-0.2, -0.15) is 0 Å². The number of hydrogen-bond donors (Lipinski definition) is 1. The molecule has 0 bridgehead atoms. The molecule has 1 N–H and O–H groups in total. The van der Waals surface area contributed by atoms with Crippen molar-refractivity contribution in [1.29, 1.82) is 0 Å². The molecule has 0 spiro atoms. The highest BCUT2D eigenvalue weighted by atomic mass is 35.5. The summed E-state index contributed by atoms with van der Waals surface area (Å²) in [4.78, 5) is 23.2. The summed E-state index contributed by atoms with van der Waals surface area (Å²) in [7, 11) is 1.29. The molecule has 0 saturated heterocycles. The van der Waals surface area contributed by atoms with Crippen LogP contribution in [0, 0.1) is 5.92 Å². The van der Waals surface area contributed by atoms with Gasteiger partial charge in [0.25, 0.3) is 0 Å². The minimum Gasteiger partial charge on any atom is -0.467 e. The smallest absolute Gasteiger partial charge is 0.328 e. The Balaban J connectivity index is 1.95. The summed E-state index contributed by atoms with van der Waals surface area (Å²) in [6, 6.07) is 4.74. The van der Waals surface area contributed by atoms with E-state index in [1.54, 1.807) is 19.1 Å². The molecule has 6 heteroatoms. The van der Waals surface area contributed by atoms with Gasteiger partial charge < -0.3 is 10.1 Å². The maximum absolute atomic E-state index is 12.0. The fraction of sp³-hybridized carbons (Fsp3) is 0.429. The van der Waals surface area contributed by atoms with E-state index in [2.05, 4.69) is 10.1 Å². The third kappa shape index (κ3) is 3.25. The zero-order chi connectivity index (χ0) is 14.9. The lowest BCUT2D eigenvalue weighted by Gasteiger charge is -2.11. The van der Waals surface area contributed by atoms with Gasteiger partial charge in [-0.15, -0.1) is 0 Å². The molecule has 108 valence electrons. The summed E-state index contributed by atoms with van der Waals surface area (Å²) in [5.74, 6) is -0.585. The SMILES string of the molecule is COC(=O)[C@H](C)NC(=O)[C@@H]1C[C@H]1c1ccc(Cl)c(Cl)c1. The first-order valence-electron chi connectivity index (χ1n) is 6.27. The van der Waals surface area contributed by atoms with Crippen LogP contribution >= 0.6 is 23.2 Å². The standard InChI is InChI=1S/C14H15Cl2NO3/c1-7(14(19)20-2)17-13(18)10-6-9(10)8-3-4-11(15)12(16)5-8/h3-5,7,9-10H,6H2,1-2H3,(H,17,18)/t7-,9-,10+/m0/s1. The lowest BCUT2D eigenvalue weighted by Crippen LogP contribution is -2.40. The lowest BCUT2D eigenvalue weighted by molar-refractivity contribution is -0.144. The van der Waals surface area contributed by atoms with Crippen molar-refractivity contribution in [1.82, 2.24) is 5.32 Å². The highest BCUT2D eigenvalue weighted by Crippen LogP contribution is 2.48. The van der Waals surface area contributed by atoms with Crippen molar-refractivity contribution in [3.05, 3.63) is 33.8 Å². The van der Waals surface area contributed by atoms with E-state index >= 15 is 0 Å². The predicted octanol–water partition coefficient (Wildman–Crippen LogP) is 2.77. The Kier molecular flexibility index (Phi) is 4.55. The number of halogens is 2. The first kappa shape index (κ1) is 15.1. The van der Waals surface area contributed by atoms with E-state index in [0.717, 1.165) is 12.0 Å². The van der Waals surface area contributed by atoms with Crippen LogP contribution in [0.4, 0.5) is 0 Å². The van der Waals surface area contributed by atoms with E-state index in [1.807, 2.05) is 6.07 Å². The number of hydrogen-bond acceptors (Lipinski definition) is 3. The van der Waals surface area contributed by atoms with Gasteiger partial charge in [0.1, 0.15) is 6.04 Å². The van der Waals surface area contributed by atoms with Gasteiger partial charge in [0.05, 0.1) is 17.2 Å². The number of benzene rings is 1. The largest absolute Gasteiger partial charge is 0.467 e. The number of nitrogens with one attached hydrogen (secondary N) is 1. The molecule has 0 heterocycles. The van der Waals surface area contributed by atoms with Gasteiger partial charge in [-0.25, -0.2) is 4.79 Å². The molecule has 1 aliphatic carbocycles. The van der Waals surface area contributed by atoms with Crippen molar-refractivity contribution in [3.63, 3.8) is 0 Å². The molecule has 0 radical (unpaired) electrons. The number of ether oxygens (including phenoxy) is 1. The molecule has 1 amide bonds. The Hall–Kier alpha value is -1.26. The fourth-order valence-corrected chi connectivity index (χ4v) is 2.46. The van der Waals surface area contributed by atoms with Crippen molar-refractivity contribution < 1.29 is 14.3 Å². The molecule has 1 saturated carbocycles. The lowest BCUT2D eigenvalue weighted by atomic mass is 10.1. The first-order chi connectivity index (χ1) is 9.43. The molecular weight excluding hydrogens is 301 g/mol. The van der Waals surface area contributed by atoms with Crippen molar-refractivity contribution in [2.24, 2.45) is 5.92 Å². The quantitative estimate of drug-likeness (QED) is 0.869. The summed E-state index contributed by atoms with van der Waals surface area (Å²) < 4.78 is 4.57. The van der Waals surface area contributed by atoms with Crippen LogP contribution in [0.15, 0.2) is 18.2 Å². The molecule has 0 unspecified atom stereocenters. The molecule has 4 nitrogen and oxygen atoms in total. The molecule has 1 aromatic rings. The van der Waals surface area contributed by atoms with Crippen molar-refractivity contribution in [2.75, 3.05) is 7.11 Å². The molecule has 3 atom stereocenters. The van der Waals surface area contributed by atoms with Crippen LogP contribution in [0.2, 0.25) is 10.0 Å². The van der Waals surface area contributed by atoms with Gasteiger partial charge in [0.2, 0.25) is 5.91 Å². The van der Waals surface area contributed by atoms with Gasteiger partial charge >= 0.3 is 5.97 Å². The van der Waals surface area contributed by atoms with E-state index in [1.165, 1.54) is 7.11 Å². The van der Waals surface area contributed by atoms with Crippen molar-refractivity contribution in [2.45, 2.75) is 25.3 Å². The van der Waals surface area contributed by atoms with Crippen molar-refractivity contribution in [3.8, 4) is 0 Å². The first-order valence-corrected chi connectivity index (χ1v) is 7.02. The Bertz CT molecular complexity index is 547. The predicted molar refractivity (Wildman–Crippen MR) is 76.9 cm³/mol. The molecule has 0 aromatic heterocycles. The van der Waals surface area contributed by atoms with E-state index in [0.29, 0.717) is 10.0 Å². The summed E-state index contributed by atoms with van der Waals surface area (Å²) in [5, 5.41) is 3.63. The maximum Gasteiger partial charge on any atom is 0.328 e. The topological polar surface area (TPSA) is 55.4 Å². The van der Waals surface area contributed by atoms with Gasteiger partial charge in [-0.3, -0.25) is 4.79 Å². The van der Waals surface area contributed by atoms with Crippen LogP contribution in [-0.4, -0.2) is 25.0 Å². The second kappa shape index (κ2) is 6.02. The Labute approximate surface area is 127 Å².